The van der Waals surface area contributed by atoms with E-state index in [1.807, 2.05) is 0 Å². The monoisotopic (exact) mass is 182 g/mol. The molecule has 1 saturated carbocycles. The molecule has 0 unspecified atom stereocenters. The maximum absolute atomic E-state index is 5.84. The fourth-order valence-corrected chi connectivity index (χ4v) is 3.03. The molecule has 2 heteroatoms. The summed E-state index contributed by atoms with van der Waals surface area (Å²) in [5.41, 5.74) is 5.84. The van der Waals surface area contributed by atoms with Gasteiger partial charge >= 0.3 is 0 Å². The highest BCUT2D eigenvalue weighted by Gasteiger charge is 2.37. The first kappa shape index (κ1) is 9.47. The van der Waals surface area contributed by atoms with Crippen LogP contribution >= 0.6 is 0 Å². The normalized spacial score (nSPS) is 47.3. The highest BCUT2D eigenvalue weighted by molar-refractivity contribution is 4.94. The number of rotatable bonds is 1. The van der Waals surface area contributed by atoms with Gasteiger partial charge in [0.25, 0.3) is 0 Å². The van der Waals surface area contributed by atoms with E-state index >= 15 is 0 Å². The second kappa shape index (κ2) is 3.58. The van der Waals surface area contributed by atoms with Crippen LogP contribution in [0, 0.1) is 0 Å². The number of hydrogen-bond donors (Lipinski definition) is 1. The van der Waals surface area contributed by atoms with Gasteiger partial charge in [-0.1, -0.05) is 6.42 Å². The summed E-state index contributed by atoms with van der Waals surface area (Å²) in [6.45, 7) is 4.75. The van der Waals surface area contributed by atoms with Crippen LogP contribution in [0.5, 0.6) is 0 Å². The summed E-state index contributed by atoms with van der Waals surface area (Å²) in [5.74, 6) is 0. The first-order chi connectivity index (χ1) is 6.18. The van der Waals surface area contributed by atoms with Crippen molar-refractivity contribution < 1.29 is 0 Å². The Kier molecular flexibility index (Phi) is 2.61. The zero-order valence-electron chi connectivity index (χ0n) is 8.87. The quantitative estimate of drug-likeness (QED) is 0.669. The lowest BCUT2D eigenvalue weighted by molar-refractivity contribution is 0.0106. The summed E-state index contributed by atoms with van der Waals surface area (Å²) in [5, 5.41) is 0. The molecule has 1 aliphatic heterocycles. The Bertz CT molecular complexity index is 165. The number of likely N-dealkylation sites (tertiary alicyclic amines) is 1. The van der Waals surface area contributed by atoms with Gasteiger partial charge in [0.2, 0.25) is 0 Å². The van der Waals surface area contributed by atoms with Crippen LogP contribution in [0.4, 0.5) is 0 Å². The van der Waals surface area contributed by atoms with Gasteiger partial charge in [-0.05, 0) is 39.5 Å². The predicted octanol–water partition coefficient (Wildman–Crippen LogP) is 1.74. The van der Waals surface area contributed by atoms with E-state index in [1.54, 1.807) is 0 Å². The number of nitrogens with zero attached hydrogens (tertiary/aromatic N) is 1. The fourth-order valence-electron chi connectivity index (χ4n) is 3.03. The molecule has 0 radical (unpaired) electrons. The molecule has 1 heterocycles. The lowest BCUT2D eigenvalue weighted by Crippen LogP contribution is -2.57. The van der Waals surface area contributed by atoms with Gasteiger partial charge in [-0.2, -0.15) is 0 Å². The molecule has 2 aliphatic rings. The Labute approximate surface area is 81.5 Å². The molecular formula is C11H22N2. The minimum absolute atomic E-state index is 0.492. The molecule has 1 aliphatic carbocycles. The van der Waals surface area contributed by atoms with Crippen LogP contribution in [-0.4, -0.2) is 29.1 Å². The van der Waals surface area contributed by atoms with E-state index in [2.05, 4.69) is 18.7 Å². The van der Waals surface area contributed by atoms with Crippen molar-refractivity contribution in [2.75, 3.05) is 0 Å². The maximum Gasteiger partial charge on any atom is 0.0130 e. The van der Waals surface area contributed by atoms with E-state index in [1.165, 1.54) is 32.1 Å². The maximum atomic E-state index is 5.84. The smallest absolute Gasteiger partial charge is 0.0130 e. The molecule has 2 nitrogen and oxygen atoms in total. The van der Waals surface area contributed by atoms with E-state index in [4.69, 9.17) is 5.73 Å². The molecule has 0 aromatic carbocycles. The van der Waals surface area contributed by atoms with Crippen molar-refractivity contribution in [3.05, 3.63) is 0 Å². The van der Waals surface area contributed by atoms with E-state index in [9.17, 15) is 0 Å². The van der Waals surface area contributed by atoms with Crippen LogP contribution in [0.2, 0.25) is 0 Å². The van der Waals surface area contributed by atoms with Gasteiger partial charge in [0.15, 0.2) is 0 Å². The Balaban J connectivity index is 1.94. The molecule has 0 spiro atoms. The molecule has 0 aromatic rings. The first-order valence-corrected chi connectivity index (χ1v) is 5.71. The SMILES string of the molecule is C[C@@H]1CCC[C@H](C)N1C1CC(N)C1. The Morgan fingerprint density at radius 3 is 2.08 bits per heavy atom. The van der Waals surface area contributed by atoms with Crippen molar-refractivity contribution in [2.24, 2.45) is 5.73 Å². The summed E-state index contributed by atoms with van der Waals surface area (Å²) in [7, 11) is 0. The average Bonchev–Trinajstić information content (AvgIpc) is 2.00. The molecule has 2 N–H and O–H groups in total. The molecule has 76 valence electrons. The van der Waals surface area contributed by atoms with Crippen LogP contribution in [-0.2, 0) is 0 Å². The van der Waals surface area contributed by atoms with Crippen molar-refractivity contribution in [3.8, 4) is 0 Å². The molecule has 2 fully saturated rings. The molecule has 0 aromatic heterocycles. The van der Waals surface area contributed by atoms with Gasteiger partial charge in [0.05, 0.1) is 0 Å². The molecule has 1 saturated heterocycles. The lowest BCUT2D eigenvalue weighted by Gasteiger charge is -2.49. The van der Waals surface area contributed by atoms with Gasteiger partial charge in [-0.25, -0.2) is 0 Å². The van der Waals surface area contributed by atoms with Gasteiger partial charge in [0, 0.05) is 24.2 Å². The Hall–Kier alpha value is -0.0800. The fraction of sp³-hybridized carbons (Fsp3) is 1.00. The molecule has 0 amide bonds. The van der Waals surface area contributed by atoms with Gasteiger partial charge in [-0.15, -0.1) is 0 Å². The van der Waals surface area contributed by atoms with Gasteiger partial charge < -0.3 is 5.73 Å². The molecule has 2 rings (SSSR count). The topological polar surface area (TPSA) is 29.3 Å². The second-order valence-corrected chi connectivity index (χ2v) is 4.96. The zero-order chi connectivity index (χ0) is 9.42. The highest BCUT2D eigenvalue weighted by atomic mass is 15.2. The first-order valence-electron chi connectivity index (χ1n) is 5.71. The average molecular weight is 182 g/mol. The van der Waals surface area contributed by atoms with Crippen molar-refractivity contribution >= 4 is 0 Å². The summed E-state index contributed by atoms with van der Waals surface area (Å²) in [6.07, 6.45) is 6.65. The van der Waals surface area contributed by atoms with Crippen molar-refractivity contribution in [1.82, 2.24) is 4.90 Å². The standard InChI is InChI=1S/C11H22N2/c1-8-4-3-5-9(2)13(8)11-6-10(12)7-11/h8-11H,3-7,12H2,1-2H3/t8-,9+,10?,11?. The number of nitrogens with two attached hydrogens (primary N) is 1. The van der Waals surface area contributed by atoms with Crippen molar-refractivity contribution in [1.29, 1.82) is 0 Å². The van der Waals surface area contributed by atoms with E-state index in [0.29, 0.717) is 6.04 Å². The van der Waals surface area contributed by atoms with E-state index < -0.39 is 0 Å². The lowest BCUT2D eigenvalue weighted by atomic mass is 9.82. The van der Waals surface area contributed by atoms with Crippen molar-refractivity contribution in [2.45, 2.75) is 70.1 Å². The van der Waals surface area contributed by atoms with Gasteiger partial charge in [0.1, 0.15) is 0 Å². The van der Waals surface area contributed by atoms with Crippen LogP contribution in [0.3, 0.4) is 0 Å². The summed E-state index contributed by atoms with van der Waals surface area (Å²) in [4.78, 5) is 2.72. The third-order valence-electron chi connectivity index (χ3n) is 3.83. The van der Waals surface area contributed by atoms with Crippen LogP contribution < -0.4 is 5.73 Å². The number of hydrogen-bond acceptors (Lipinski definition) is 2. The molecule has 2 atom stereocenters. The second-order valence-electron chi connectivity index (χ2n) is 4.96. The minimum Gasteiger partial charge on any atom is -0.328 e. The Morgan fingerprint density at radius 1 is 1.08 bits per heavy atom. The number of piperidine rings is 1. The zero-order valence-corrected chi connectivity index (χ0v) is 8.87. The molecule has 0 bridgehead atoms. The predicted molar refractivity (Wildman–Crippen MR) is 55.6 cm³/mol. The third-order valence-corrected chi connectivity index (χ3v) is 3.83. The largest absolute Gasteiger partial charge is 0.328 e. The highest BCUT2D eigenvalue weighted by Crippen LogP contribution is 2.33. The summed E-state index contributed by atoms with van der Waals surface area (Å²) < 4.78 is 0. The van der Waals surface area contributed by atoms with Crippen LogP contribution in [0.15, 0.2) is 0 Å². The summed E-state index contributed by atoms with van der Waals surface area (Å²) in [6, 6.07) is 2.88. The van der Waals surface area contributed by atoms with E-state index in [0.717, 1.165) is 18.1 Å². The van der Waals surface area contributed by atoms with Crippen LogP contribution in [0.25, 0.3) is 0 Å². The van der Waals surface area contributed by atoms with Gasteiger partial charge in [-0.3, -0.25) is 4.90 Å². The molecular weight excluding hydrogens is 160 g/mol. The van der Waals surface area contributed by atoms with E-state index in [-0.39, 0.29) is 0 Å². The Morgan fingerprint density at radius 2 is 1.62 bits per heavy atom. The van der Waals surface area contributed by atoms with Crippen molar-refractivity contribution in [3.63, 3.8) is 0 Å². The summed E-state index contributed by atoms with van der Waals surface area (Å²) >= 11 is 0. The third kappa shape index (κ3) is 1.75. The molecule has 13 heavy (non-hydrogen) atoms. The van der Waals surface area contributed by atoms with Crippen LogP contribution in [0.1, 0.15) is 46.0 Å². The minimum atomic E-state index is 0.492.